The molecule has 1 atom stereocenters. The molecule has 1 aromatic carbocycles. The number of rotatable bonds is 6. The molecule has 2 rings (SSSR count). The van der Waals surface area contributed by atoms with Crippen LogP contribution in [0.4, 0.5) is 0 Å². The van der Waals surface area contributed by atoms with Crippen LogP contribution < -0.4 is 10.6 Å². The normalized spacial score (nSPS) is 16.7. The van der Waals surface area contributed by atoms with Crippen LogP contribution in [0.25, 0.3) is 0 Å². The van der Waals surface area contributed by atoms with Crippen LogP contribution in [-0.4, -0.2) is 36.7 Å². The molecule has 0 saturated carbocycles. The number of carbonyl (C=O) groups excluding carboxylic acids is 2. The first kappa shape index (κ1) is 17.3. The van der Waals surface area contributed by atoms with Crippen molar-refractivity contribution in [3.8, 4) is 0 Å². The van der Waals surface area contributed by atoms with Crippen LogP contribution in [0, 0.1) is 5.92 Å². The van der Waals surface area contributed by atoms with E-state index in [0.717, 1.165) is 5.56 Å². The molecule has 1 unspecified atom stereocenters. The molecule has 1 aromatic rings. The summed E-state index contributed by atoms with van der Waals surface area (Å²) in [6.07, 6.45) is -0.347. The van der Waals surface area contributed by atoms with Gasteiger partial charge in [0.1, 0.15) is 0 Å². The van der Waals surface area contributed by atoms with E-state index < -0.39 is 6.10 Å². The highest BCUT2D eigenvalue weighted by molar-refractivity contribution is 6.30. The minimum atomic E-state index is -0.710. The minimum Gasteiger partial charge on any atom is -0.382 e. The van der Waals surface area contributed by atoms with E-state index in [4.69, 9.17) is 16.4 Å². The Labute approximate surface area is 140 Å². The molecule has 0 spiro atoms. The van der Waals surface area contributed by atoms with Crippen LogP contribution >= 0.6 is 11.6 Å². The van der Waals surface area contributed by atoms with Crippen LogP contribution in [0.1, 0.15) is 25.8 Å². The Morgan fingerprint density at radius 2 is 2.00 bits per heavy atom. The van der Waals surface area contributed by atoms with Crippen molar-refractivity contribution in [3.63, 3.8) is 0 Å². The number of amides is 2. The molecule has 23 heavy (non-hydrogen) atoms. The smallest absolute Gasteiger partial charge is 0.264 e. The first-order valence-corrected chi connectivity index (χ1v) is 7.86. The molecule has 7 heteroatoms. The Bertz CT molecular complexity index is 599. The number of hydrogen-bond donors (Lipinski definition) is 2. The molecule has 1 aliphatic rings. The number of hydrogen-bond acceptors (Lipinski definition) is 4. The molecule has 0 fully saturated rings. The van der Waals surface area contributed by atoms with Crippen molar-refractivity contribution >= 4 is 29.1 Å². The van der Waals surface area contributed by atoms with E-state index in [2.05, 4.69) is 15.8 Å². The van der Waals surface area contributed by atoms with Gasteiger partial charge >= 0.3 is 0 Å². The van der Waals surface area contributed by atoms with Gasteiger partial charge < -0.3 is 15.5 Å². The second-order valence-electron chi connectivity index (χ2n) is 5.76. The number of nitrogens with zero attached hydrogens (tertiary/aromatic N) is 1. The van der Waals surface area contributed by atoms with Crippen molar-refractivity contribution in [2.24, 2.45) is 11.1 Å². The quantitative estimate of drug-likeness (QED) is 0.829. The van der Waals surface area contributed by atoms with Crippen LogP contribution in [0.3, 0.4) is 0 Å². The maximum absolute atomic E-state index is 12.0. The first-order valence-electron chi connectivity index (χ1n) is 7.48. The molecule has 2 amide bonds. The lowest BCUT2D eigenvalue weighted by Gasteiger charge is -2.10. The van der Waals surface area contributed by atoms with E-state index in [9.17, 15) is 9.59 Å². The van der Waals surface area contributed by atoms with E-state index in [1.165, 1.54) is 0 Å². The monoisotopic (exact) mass is 337 g/mol. The summed E-state index contributed by atoms with van der Waals surface area (Å²) in [7, 11) is 0. The van der Waals surface area contributed by atoms with Gasteiger partial charge in [-0.05, 0) is 23.6 Å². The van der Waals surface area contributed by atoms with Crippen molar-refractivity contribution in [1.82, 2.24) is 10.6 Å². The molecule has 0 aromatic heterocycles. The molecule has 1 aliphatic heterocycles. The molecular formula is C16H20ClN3O3. The van der Waals surface area contributed by atoms with Crippen LogP contribution in [0.15, 0.2) is 29.4 Å². The predicted octanol–water partition coefficient (Wildman–Crippen LogP) is 1.72. The van der Waals surface area contributed by atoms with Crippen molar-refractivity contribution in [3.05, 3.63) is 34.9 Å². The van der Waals surface area contributed by atoms with Gasteiger partial charge in [0, 0.05) is 18.0 Å². The van der Waals surface area contributed by atoms with Gasteiger partial charge in [0.05, 0.1) is 12.3 Å². The lowest BCUT2D eigenvalue weighted by molar-refractivity contribution is -0.133. The summed E-state index contributed by atoms with van der Waals surface area (Å²) in [6.45, 7) is 4.52. The average molecular weight is 338 g/mol. The maximum Gasteiger partial charge on any atom is 0.264 e. The topological polar surface area (TPSA) is 79.8 Å². The van der Waals surface area contributed by atoms with E-state index in [1.54, 1.807) is 12.1 Å². The highest BCUT2D eigenvalue weighted by Gasteiger charge is 2.28. The lowest BCUT2D eigenvalue weighted by Crippen LogP contribution is -2.42. The zero-order valence-corrected chi connectivity index (χ0v) is 13.9. The SMILES string of the molecule is CC(C)CNC(=O)CNC(=O)C1CC(c2ccc(Cl)cc2)=NO1. The maximum atomic E-state index is 12.0. The number of benzene rings is 1. The Hall–Kier alpha value is -2.08. The van der Waals surface area contributed by atoms with Gasteiger partial charge in [-0.15, -0.1) is 0 Å². The van der Waals surface area contributed by atoms with E-state index in [1.807, 2.05) is 26.0 Å². The minimum absolute atomic E-state index is 0.0678. The van der Waals surface area contributed by atoms with Gasteiger partial charge in [-0.1, -0.05) is 42.7 Å². The Kier molecular flexibility index (Phi) is 5.98. The molecule has 0 bridgehead atoms. The molecule has 0 aliphatic carbocycles. The molecule has 0 saturated heterocycles. The van der Waals surface area contributed by atoms with E-state index in [-0.39, 0.29) is 18.4 Å². The summed E-state index contributed by atoms with van der Waals surface area (Å²) >= 11 is 5.84. The van der Waals surface area contributed by atoms with Gasteiger partial charge in [0.25, 0.3) is 5.91 Å². The fourth-order valence-corrected chi connectivity index (χ4v) is 2.12. The fourth-order valence-electron chi connectivity index (χ4n) is 1.99. The molecule has 6 nitrogen and oxygen atoms in total. The standard InChI is InChI=1S/C16H20ClN3O3/c1-10(2)8-18-15(21)9-19-16(22)14-7-13(20-23-14)11-3-5-12(17)6-4-11/h3-6,10,14H,7-9H2,1-2H3,(H,18,21)(H,19,22). The largest absolute Gasteiger partial charge is 0.382 e. The van der Waals surface area contributed by atoms with Crippen LogP contribution in [0.5, 0.6) is 0 Å². The number of halogens is 1. The fraction of sp³-hybridized carbons (Fsp3) is 0.438. The summed E-state index contributed by atoms with van der Waals surface area (Å²) in [5.74, 6) is -0.204. The van der Waals surface area contributed by atoms with Crippen molar-refractivity contribution in [2.75, 3.05) is 13.1 Å². The molecule has 0 radical (unpaired) electrons. The summed E-state index contributed by atoms with van der Waals surface area (Å²) in [5, 5.41) is 9.86. The van der Waals surface area contributed by atoms with E-state index >= 15 is 0 Å². The lowest BCUT2D eigenvalue weighted by atomic mass is 10.0. The number of carbonyl (C=O) groups is 2. The summed E-state index contributed by atoms with van der Waals surface area (Å²) < 4.78 is 0. The molecule has 2 N–H and O–H groups in total. The average Bonchev–Trinajstić information content (AvgIpc) is 3.01. The second-order valence-corrected chi connectivity index (χ2v) is 6.20. The molecule has 1 heterocycles. The van der Waals surface area contributed by atoms with Crippen LogP contribution in [0.2, 0.25) is 5.02 Å². The zero-order valence-electron chi connectivity index (χ0n) is 13.1. The second kappa shape index (κ2) is 7.97. The zero-order chi connectivity index (χ0) is 16.8. The third-order valence-electron chi connectivity index (χ3n) is 3.27. The van der Waals surface area contributed by atoms with Crippen molar-refractivity contribution in [2.45, 2.75) is 26.4 Å². The summed E-state index contributed by atoms with van der Waals surface area (Å²) in [5.41, 5.74) is 1.55. The van der Waals surface area contributed by atoms with Crippen LogP contribution in [-0.2, 0) is 14.4 Å². The number of oxime groups is 1. The predicted molar refractivity (Wildman–Crippen MR) is 88.3 cm³/mol. The highest BCUT2D eigenvalue weighted by Crippen LogP contribution is 2.18. The van der Waals surface area contributed by atoms with Gasteiger partial charge in [0.15, 0.2) is 0 Å². The van der Waals surface area contributed by atoms with Crippen molar-refractivity contribution < 1.29 is 14.4 Å². The third kappa shape index (κ3) is 5.25. The third-order valence-corrected chi connectivity index (χ3v) is 3.52. The Balaban J connectivity index is 1.77. The number of nitrogens with one attached hydrogen (secondary N) is 2. The van der Waals surface area contributed by atoms with Gasteiger partial charge in [-0.3, -0.25) is 9.59 Å². The van der Waals surface area contributed by atoms with Gasteiger partial charge in [-0.25, -0.2) is 0 Å². The Morgan fingerprint density at radius 1 is 1.30 bits per heavy atom. The highest BCUT2D eigenvalue weighted by atomic mass is 35.5. The first-order chi connectivity index (χ1) is 11.0. The summed E-state index contributed by atoms with van der Waals surface area (Å²) in [6, 6.07) is 7.16. The molecular weight excluding hydrogens is 318 g/mol. The summed E-state index contributed by atoms with van der Waals surface area (Å²) in [4.78, 5) is 28.7. The molecule has 124 valence electrons. The van der Waals surface area contributed by atoms with Crippen molar-refractivity contribution in [1.29, 1.82) is 0 Å². The van der Waals surface area contributed by atoms with Gasteiger partial charge in [-0.2, -0.15) is 0 Å². The Morgan fingerprint density at radius 3 is 2.65 bits per heavy atom. The van der Waals surface area contributed by atoms with Gasteiger partial charge in [0.2, 0.25) is 12.0 Å². The van der Waals surface area contributed by atoms with E-state index in [0.29, 0.717) is 29.6 Å².